The average Bonchev–Trinajstić information content (AvgIpc) is 3.04. The van der Waals surface area contributed by atoms with Gasteiger partial charge >= 0.3 is 0 Å². The van der Waals surface area contributed by atoms with E-state index in [1.54, 1.807) is 11.8 Å². The number of ether oxygens (including phenoxy) is 2. The highest BCUT2D eigenvalue weighted by molar-refractivity contribution is 5.48. The smallest absolute Gasteiger partial charge is 0.259 e. The highest BCUT2D eigenvalue weighted by Gasteiger charge is 2.20. The van der Waals surface area contributed by atoms with E-state index in [2.05, 4.69) is 29.1 Å². The number of nitrogens with one attached hydrogen (secondary N) is 1. The Hall–Kier alpha value is -1.98. The fraction of sp³-hybridized carbons (Fsp3) is 0.600. The van der Waals surface area contributed by atoms with Gasteiger partial charge in [-0.2, -0.15) is 9.78 Å². The van der Waals surface area contributed by atoms with Crippen molar-refractivity contribution >= 4 is 0 Å². The first-order valence-corrected chi connectivity index (χ1v) is 7.58. The normalized spacial score (nSPS) is 10.9. The molecule has 6 nitrogen and oxygen atoms in total. The minimum Gasteiger partial charge on any atom is -0.481 e. The molecule has 0 saturated heterocycles. The van der Waals surface area contributed by atoms with Crippen molar-refractivity contribution in [3.63, 3.8) is 0 Å². The Bertz CT molecular complexity index is 551. The lowest BCUT2D eigenvalue weighted by molar-refractivity contribution is 0.322. The lowest BCUT2D eigenvalue weighted by Crippen LogP contribution is -2.05. The molecular formula is C15H24N4O2. The number of rotatable bonds is 8. The monoisotopic (exact) mass is 292 g/mol. The largest absolute Gasteiger partial charge is 0.481 e. The Balaban J connectivity index is 2.50. The van der Waals surface area contributed by atoms with Gasteiger partial charge in [0.05, 0.1) is 25.1 Å². The zero-order chi connectivity index (χ0) is 15.2. The van der Waals surface area contributed by atoms with E-state index in [4.69, 9.17) is 9.47 Å². The van der Waals surface area contributed by atoms with E-state index in [9.17, 15) is 0 Å². The number of hydrogen-bond donors (Lipinski definition) is 1. The standard InChI is InChI=1S/C15H24N4O2/c1-5-8-11-10-13(20-4)19(18-11)14-12(9-6-2)16-17-15(14)21-7-3/h10H,5-9H2,1-4H3,(H,16,17). The Morgan fingerprint density at radius 1 is 1.19 bits per heavy atom. The fourth-order valence-corrected chi connectivity index (χ4v) is 2.33. The van der Waals surface area contributed by atoms with Gasteiger partial charge in [0.1, 0.15) is 0 Å². The van der Waals surface area contributed by atoms with Crippen LogP contribution in [0.1, 0.15) is 45.0 Å². The van der Waals surface area contributed by atoms with E-state index < -0.39 is 0 Å². The minimum absolute atomic E-state index is 0.564. The molecule has 6 heteroatoms. The van der Waals surface area contributed by atoms with E-state index >= 15 is 0 Å². The number of nitrogens with zero attached hydrogens (tertiary/aromatic N) is 3. The molecule has 0 aliphatic carbocycles. The SMILES string of the molecule is CCCc1cc(OC)n(-c2c(OCC)n[nH]c2CCC)n1. The van der Waals surface area contributed by atoms with E-state index in [1.165, 1.54) is 0 Å². The van der Waals surface area contributed by atoms with Crippen molar-refractivity contribution in [3.8, 4) is 17.4 Å². The van der Waals surface area contributed by atoms with Gasteiger partial charge in [0, 0.05) is 6.07 Å². The maximum Gasteiger partial charge on any atom is 0.259 e. The summed E-state index contributed by atoms with van der Waals surface area (Å²) < 4.78 is 12.9. The molecular weight excluding hydrogens is 268 g/mol. The molecule has 0 fully saturated rings. The van der Waals surface area contributed by atoms with Crippen LogP contribution < -0.4 is 9.47 Å². The second kappa shape index (κ2) is 7.15. The molecule has 2 heterocycles. The average molecular weight is 292 g/mol. The molecule has 2 aromatic heterocycles. The van der Waals surface area contributed by atoms with Gasteiger partial charge in [-0.15, -0.1) is 5.10 Å². The maximum atomic E-state index is 5.63. The highest BCUT2D eigenvalue weighted by Crippen LogP contribution is 2.29. The lowest BCUT2D eigenvalue weighted by Gasteiger charge is -2.08. The van der Waals surface area contributed by atoms with Crippen molar-refractivity contribution in [2.75, 3.05) is 13.7 Å². The molecule has 116 valence electrons. The van der Waals surface area contributed by atoms with E-state index in [0.717, 1.165) is 42.8 Å². The van der Waals surface area contributed by atoms with Gasteiger partial charge in [-0.3, -0.25) is 5.10 Å². The van der Waals surface area contributed by atoms with Crippen molar-refractivity contribution in [2.24, 2.45) is 0 Å². The maximum absolute atomic E-state index is 5.63. The first-order chi connectivity index (χ1) is 10.2. The van der Waals surface area contributed by atoms with Crippen LogP contribution in [0.4, 0.5) is 0 Å². The number of methoxy groups -OCH3 is 1. The molecule has 0 amide bonds. The van der Waals surface area contributed by atoms with Crippen molar-refractivity contribution < 1.29 is 9.47 Å². The molecule has 0 radical (unpaired) electrons. The second-order valence-corrected chi connectivity index (χ2v) is 4.88. The molecule has 0 spiro atoms. The predicted octanol–water partition coefficient (Wildman–Crippen LogP) is 2.91. The lowest BCUT2D eigenvalue weighted by atomic mass is 10.2. The van der Waals surface area contributed by atoms with Crippen LogP contribution in [-0.2, 0) is 12.8 Å². The molecule has 2 aromatic rings. The summed E-state index contributed by atoms with van der Waals surface area (Å²) in [5.74, 6) is 1.28. The van der Waals surface area contributed by atoms with Gasteiger partial charge in [0.15, 0.2) is 5.69 Å². The summed E-state index contributed by atoms with van der Waals surface area (Å²) in [5.41, 5.74) is 2.89. The summed E-state index contributed by atoms with van der Waals surface area (Å²) in [4.78, 5) is 0. The minimum atomic E-state index is 0.564. The van der Waals surface area contributed by atoms with Gasteiger partial charge in [-0.1, -0.05) is 26.7 Å². The van der Waals surface area contributed by atoms with Crippen LogP contribution in [0.5, 0.6) is 11.8 Å². The fourth-order valence-electron chi connectivity index (χ4n) is 2.33. The van der Waals surface area contributed by atoms with Gasteiger partial charge in [0.25, 0.3) is 5.88 Å². The molecule has 0 aliphatic rings. The Morgan fingerprint density at radius 3 is 2.57 bits per heavy atom. The number of aryl methyl sites for hydroxylation is 2. The van der Waals surface area contributed by atoms with Crippen LogP contribution in [0.15, 0.2) is 6.07 Å². The van der Waals surface area contributed by atoms with Crippen molar-refractivity contribution in [1.82, 2.24) is 20.0 Å². The summed E-state index contributed by atoms with van der Waals surface area (Å²) >= 11 is 0. The molecule has 0 aromatic carbocycles. The Labute approximate surface area is 125 Å². The summed E-state index contributed by atoms with van der Waals surface area (Å²) in [6.45, 7) is 6.78. The summed E-state index contributed by atoms with van der Waals surface area (Å²) in [7, 11) is 1.66. The topological polar surface area (TPSA) is 65.0 Å². The number of aromatic nitrogens is 4. The third kappa shape index (κ3) is 3.20. The van der Waals surface area contributed by atoms with Crippen molar-refractivity contribution in [1.29, 1.82) is 0 Å². The van der Waals surface area contributed by atoms with Crippen LogP contribution in [0.3, 0.4) is 0 Å². The number of H-pyrrole nitrogens is 1. The zero-order valence-corrected chi connectivity index (χ0v) is 13.3. The number of hydrogen-bond acceptors (Lipinski definition) is 4. The molecule has 21 heavy (non-hydrogen) atoms. The van der Waals surface area contributed by atoms with Crippen LogP contribution in [0.2, 0.25) is 0 Å². The van der Waals surface area contributed by atoms with Crippen LogP contribution in [0.25, 0.3) is 5.69 Å². The summed E-state index contributed by atoms with van der Waals surface area (Å²) in [6, 6.07) is 1.97. The predicted molar refractivity (Wildman–Crippen MR) is 81.4 cm³/mol. The van der Waals surface area contributed by atoms with E-state index in [0.29, 0.717) is 18.4 Å². The Morgan fingerprint density at radius 2 is 1.95 bits per heavy atom. The van der Waals surface area contributed by atoms with Gasteiger partial charge in [0.2, 0.25) is 5.88 Å². The third-order valence-electron chi connectivity index (χ3n) is 3.22. The van der Waals surface area contributed by atoms with Crippen molar-refractivity contribution in [2.45, 2.75) is 46.5 Å². The third-order valence-corrected chi connectivity index (χ3v) is 3.22. The molecule has 1 N–H and O–H groups in total. The highest BCUT2D eigenvalue weighted by atomic mass is 16.5. The second-order valence-electron chi connectivity index (χ2n) is 4.88. The van der Waals surface area contributed by atoms with Crippen LogP contribution in [0, 0.1) is 0 Å². The van der Waals surface area contributed by atoms with Crippen molar-refractivity contribution in [3.05, 3.63) is 17.5 Å². The van der Waals surface area contributed by atoms with Crippen LogP contribution in [-0.4, -0.2) is 33.7 Å². The van der Waals surface area contributed by atoms with Crippen LogP contribution >= 0.6 is 0 Å². The van der Waals surface area contributed by atoms with Gasteiger partial charge in [-0.25, -0.2) is 0 Å². The molecule has 0 atom stereocenters. The quantitative estimate of drug-likeness (QED) is 0.812. The molecule has 0 bridgehead atoms. The molecule has 0 unspecified atom stereocenters. The number of aromatic amines is 1. The first-order valence-electron chi connectivity index (χ1n) is 7.58. The zero-order valence-electron chi connectivity index (χ0n) is 13.3. The molecule has 0 aliphatic heterocycles. The summed E-state index contributed by atoms with van der Waals surface area (Å²) in [5, 5.41) is 12.0. The Kier molecular flexibility index (Phi) is 5.25. The van der Waals surface area contributed by atoms with Gasteiger partial charge in [-0.05, 0) is 19.8 Å². The van der Waals surface area contributed by atoms with Gasteiger partial charge < -0.3 is 9.47 Å². The van der Waals surface area contributed by atoms with E-state index in [-0.39, 0.29) is 0 Å². The summed E-state index contributed by atoms with van der Waals surface area (Å²) in [6.07, 6.45) is 3.88. The van der Waals surface area contributed by atoms with E-state index in [1.807, 2.05) is 13.0 Å². The molecule has 2 rings (SSSR count). The molecule has 0 saturated carbocycles. The first kappa shape index (κ1) is 15.4.